The molecule has 2 aromatic carbocycles. The van der Waals surface area contributed by atoms with Crippen molar-refractivity contribution in [2.75, 3.05) is 29.1 Å². The van der Waals surface area contributed by atoms with Crippen molar-refractivity contribution in [3.63, 3.8) is 0 Å². The van der Waals surface area contributed by atoms with Crippen LogP contribution in [0.1, 0.15) is 20.8 Å². The molecule has 0 aromatic heterocycles. The second-order valence-corrected chi connectivity index (χ2v) is 7.97. The minimum absolute atomic E-state index is 0.389. The van der Waals surface area contributed by atoms with Gasteiger partial charge in [-0.2, -0.15) is 0 Å². The number of carbonyl (C=O) groups is 1. The van der Waals surface area contributed by atoms with Gasteiger partial charge in [0.05, 0.1) is 25.2 Å². The van der Waals surface area contributed by atoms with E-state index < -0.39 is 22.0 Å². The van der Waals surface area contributed by atoms with Crippen LogP contribution in [0, 0.1) is 0 Å². The van der Waals surface area contributed by atoms with E-state index in [-0.39, 0.29) is 0 Å². The van der Waals surface area contributed by atoms with Crippen LogP contribution in [0.5, 0.6) is 11.5 Å². The lowest BCUT2D eigenvalue weighted by Crippen LogP contribution is -2.45. The highest BCUT2D eigenvalue weighted by atomic mass is 32.2. The van der Waals surface area contributed by atoms with Crippen molar-refractivity contribution in [1.82, 2.24) is 0 Å². The van der Waals surface area contributed by atoms with Crippen LogP contribution < -0.4 is 19.1 Å². The molecule has 0 heterocycles. The maximum Gasteiger partial charge on any atom is 0.247 e. The molecule has 1 amide bonds. The van der Waals surface area contributed by atoms with Crippen molar-refractivity contribution in [1.29, 1.82) is 0 Å². The van der Waals surface area contributed by atoms with Crippen LogP contribution in [0.15, 0.2) is 48.5 Å². The summed E-state index contributed by atoms with van der Waals surface area (Å²) in [5.41, 5.74) is 0.945. The Morgan fingerprint density at radius 2 is 1.43 bits per heavy atom. The fourth-order valence-electron chi connectivity index (χ4n) is 2.71. The molecule has 0 saturated heterocycles. The van der Waals surface area contributed by atoms with Gasteiger partial charge in [0, 0.05) is 5.69 Å². The van der Waals surface area contributed by atoms with Crippen LogP contribution in [0.2, 0.25) is 0 Å². The van der Waals surface area contributed by atoms with Gasteiger partial charge in [-0.15, -0.1) is 0 Å². The Morgan fingerprint density at radius 3 is 1.86 bits per heavy atom. The third-order valence-electron chi connectivity index (χ3n) is 3.92. The predicted octanol–water partition coefficient (Wildman–Crippen LogP) is 3.28. The van der Waals surface area contributed by atoms with E-state index in [1.807, 2.05) is 13.8 Å². The van der Waals surface area contributed by atoms with E-state index in [0.29, 0.717) is 36.1 Å². The summed E-state index contributed by atoms with van der Waals surface area (Å²) in [6.45, 7) is 6.35. The zero-order valence-electron chi connectivity index (χ0n) is 16.5. The number of rotatable bonds is 9. The molecule has 0 spiro atoms. The zero-order chi connectivity index (χ0) is 20.7. The molecule has 28 heavy (non-hydrogen) atoms. The van der Waals surface area contributed by atoms with Crippen molar-refractivity contribution < 1.29 is 22.7 Å². The molecule has 1 N–H and O–H groups in total. The van der Waals surface area contributed by atoms with Gasteiger partial charge in [0.15, 0.2) is 0 Å². The summed E-state index contributed by atoms with van der Waals surface area (Å²) in [7, 11) is -3.68. The number of anilines is 2. The average molecular weight is 407 g/mol. The Kier molecular flexibility index (Phi) is 7.28. The Morgan fingerprint density at radius 1 is 0.964 bits per heavy atom. The van der Waals surface area contributed by atoms with Crippen molar-refractivity contribution in [3.05, 3.63) is 48.5 Å². The normalized spacial score (nSPS) is 12.1. The fraction of sp³-hybridized carbons (Fsp3) is 0.350. The van der Waals surface area contributed by atoms with Crippen molar-refractivity contribution in [3.8, 4) is 11.5 Å². The number of hydrogen-bond acceptors (Lipinski definition) is 5. The summed E-state index contributed by atoms with van der Waals surface area (Å²) in [4.78, 5) is 12.7. The number of hydrogen-bond donors (Lipinski definition) is 1. The van der Waals surface area contributed by atoms with Crippen LogP contribution in [0.4, 0.5) is 11.4 Å². The molecule has 7 nitrogen and oxygen atoms in total. The van der Waals surface area contributed by atoms with E-state index in [1.165, 1.54) is 0 Å². The molecule has 0 fully saturated rings. The van der Waals surface area contributed by atoms with E-state index in [2.05, 4.69) is 5.32 Å². The van der Waals surface area contributed by atoms with Crippen LogP contribution >= 0.6 is 0 Å². The largest absolute Gasteiger partial charge is 0.494 e. The van der Waals surface area contributed by atoms with Gasteiger partial charge in [0.2, 0.25) is 15.9 Å². The summed E-state index contributed by atoms with van der Waals surface area (Å²) in [5, 5.41) is 2.74. The highest BCUT2D eigenvalue weighted by molar-refractivity contribution is 7.92. The van der Waals surface area contributed by atoms with Crippen LogP contribution in [0.3, 0.4) is 0 Å². The molecule has 0 aliphatic carbocycles. The van der Waals surface area contributed by atoms with Crippen molar-refractivity contribution in [2.45, 2.75) is 26.8 Å². The van der Waals surface area contributed by atoms with Gasteiger partial charge in [-0.1, -0.05) is 0 Å². The summed E-state index contributed by atoms with van der Waals surface area (Å²) >= 11 is 0. The summed E-state index contributed by atoms with van der Waals surface area (Å²) in [5.74, 6) is 0.885. The number of ether oxygens (including phenoxy) is 2. The minimum Gasteiger partial charge on any atom is -0.494 e. The highest BCUT2D eigenvalue weighted by Crippen LogP contribution is 2.25. The van der Waals surface area contributed by atoms with Crippen LogP contribution in [0.25, 0.3) is 0 Å². The summed E-state index contributed by atoms with van der Waals surface area (Å²) in [6.07, 6.45) is 1.07. The predicted molar refractivity (Wildman–Crippen MR) is 111 cm³/mol. The van der Waals surface area contributed by atoms with Crippen molar-refractivity contribution in [2.24, 2.45) is 0 Å². The lowest BCUT2D eigenvalue weighted by Gasteiger charge is -2.28. The molecule has 0 bridgehead atoms. The summed E-state index contributed by atoms with van der Waals surface area (Å²) in [6, 6.07) is 12.5. The van der Waals surface area contributed by atoms with Gasteiger partial charge >= 0.3 is 0 Å². The SMILES string of the molecule is CCOc1ccc(NC(=O)[C@@H](C)N(c2ccc(OCC)cc2)S(C)(=O)=O)cc1. The monoisotopic (exact) mass is 406 g/mol. The Balaban J connectivity index is 2.20. The molecule has 8 heteroatoms. The number of nitrogens with one attached hydrogen (secondary N) is 1. The lowest BCUT2D eigenvalue weighted by molar-refractivity contribution is -0.116. The van der Waals surface area contributed by atoms with E-state index in [4.69, 9.17) is 9.47 Å². The molecular weight excluding hydrogens is 380 g/mol. The van der Waals surface area contributed by atoms with Gasteiger partial charge in [0.1, 0.15) is 17.5 Å². The number of amides is 1. The number of nitrogens with zero attached hydrogens (tertiary/aromatic N) is 1. The highest BCUT2D eigenvalue weighted by Gasteiger charge is 2.29. The Labute approximate surface area is 166 Å². The van der Waals surface area contributed by atoms with Gasteiger partial charge in [0.25, 0.3) is 0 Å². The first-order valence-electron chi connectivity index (χ1n) is 9.02. The second-order valence-electron chi connectivity index (χ2n) is 6.11. The molecule has 2 rings (SSSR count). The van der Waals surface area contributed by atoms with Crippen LogP contribution in [-0.4, -0.2) is 39.8 Å². The van der Waals surface area contributed by atoms with Gasteiger partial charge in [-0.05, 0) is 69.3 Å². The number of carbonyl (C=O) groups excluding carboxylic acids is 1. The van der Waals surface area contributed by atoms with E-state index in [9.17, 15) is 13.2 Å². The Bertz CT molecular complexity index is 880. The maximum atomic E-state index is 12.7. The standard InChI is InChI=1S/C20H26N2O5S/c1-5-26-18-11-7-16(8-12-18)21-20(23)15(3)22(28(4,24)25)17-9-13-19(14-10-17)27-6-2/h7-15H,5-6H2,1-4H3,(H,21,23)/t15-/m1/s1. The molecule has 0 saturated carbocycles. The quantitative estimate of drug-likeness (QED) is 0.691. The van der Waals surface area contributed by atoms with E-state index >= 15 is 0 Å². The van der Waals surface area contributed by atoms with Crippen LogP contribution in [-0.2, 0) is 14.8 Å². The smallest absolute Gasteiger partial charge is 0.247 e. The molecule has 2 aromatic rings. The molecule has 1 atom stereocenters. The van der Waals surface area contributed by atoms with Gasteiger partial charge in [-0.3, -0.25) is 9.10 Å². The average Bonchev–Trinajstić information content (AvgIpc) is 2.64. The third kappa shape index (κ3) is 5.63. The van der Waals surface area contributed by atoms with E-state index in [1.54, 1.807) is 55.5 Å². The number of benzene rings is 2. The summed E-state index contributed by atoms with van der Waals surface area (Å²) < 4.78 is 36.6. The third-order valence-corrected chi connectivity index (χ3v) is 5.17. The van der Waals surface area contributed by atoms with Gasteiger partial charge in [-0.25, -0.2) is 8.42 Å². The number of sulfonamides is 1. The first-order chi connectivity index (χ1) is 13.3. The van der Waals surface area contributed by atoms with E-state index in [0.717, 1.165) is 10.6 Å². The first-order valence-corrected chi connectivity index (χ1v) is 10.9. The molecular formula is C20H26N2O5S. The second kappa shape index (κ2) is 9.45. The fourth-order valence-corrected chi connectivity index (χ4v) is 3.89. The lowest BCUT2D eigenvalue weighted by atomic mass is 10.2. The van der Waals surface area contributed by atoms with Gasteiger partial charge < -0.3 is 14.8 Å². The molecule has 152 valence electrons. The molecule has 0 unspecified atom stereocenters. The van der Waals surface area contributed by atoms with Crippen molar-refractivity contribution >= 4 is 27.3 Å². The minimum atomic E-state index is -3.68. The zero-order valence-corrected chi connectivity index (χ0v) is 17.3. The molecule has 0 radical (unpaired) electrons. The Hall–Kier alpha value is -2.74. The topological polar surface area (TPSA) is 84.9 Å². The first kappa shape index (κ1) is 21.6. The molecule has 0 aliphatic rings. The maximum absolute atomic E-state index is 12.7. The molecule has 0 aliphatic heterocycles.